The third kappa shape index (κ3) is 5.14. The summed E-state index contributed by atoms with van der Waals surface area (Å²) < 4.78 is 1.74. The van der Waals surface area contributed by atoms with E-state index in [0.29, 0.717) is 24.5 Å². The Morgan fingerprint density at radius 1 is 0.968 bits per heavy atom. The SMILES string of the molecule is Cn1nccc1CNC(=O)c1ccc(-c2ccccc2)nc1NCCc1ccccn1. The van der Waals surface area contributed by atoms with Gasteiger partial charge in [-0.3, -0.25) is 14.5 Å². The fraction of sp³-hybridized carbons (Fsp3) is 0.167. The van der Waals surface area contributed by atoms with E-state index >= 15 is 0 Å². The maximum atomic E-state index is 12.9. The molecule has 31 heavy (non-hydrogen) atoms. The predicted octanol–water partition coefficient (Wildman–Crippen LogP) is 3.46. The zero-order valence-corrected chi connectivity index (χ0v) is 17.3. The lowest BCUT2D eigenvalue weighted by Gasteiger charge is -2.13. The number of nitrogens with zero attached hydrogens (tertiary/aromatic N) is 4. The lowest BCUT2D eigenvalue weighted by atomic mass is 10.1. The molecule has 156 valence electrons. The number of rotatable bonds is 8. The normalized spacial score (nSPS) is 10.6. The van der Waals surface area contributed by atoms with Gasteiger partial charge in [-0.1, -0.05) is 36.4 Å². The summed E-state index contributed by atoms with van der Waals surface area (Å²) in [6.45, 7) is 1.01. The lowest BCUT2D eigenvalue weighted by molar-refractivity contribution is 0.0950. The summed E-state index contributed by atoms with van der Waals surface area (Å²) in [7, 11) is 1.85. The Kier molecular flexibility index (Phi) is 6.32. The molecule has 0 atom stereocenters. The molecule has 2 N–H and O–H groups in total. The van der Waals surface area contributed by atoms with Crippen LogP contribution < -0.4 is 10.6 Å². The van der Waals surface area contributed by atoms with Gasteiger partial charge in [0.05, 0.1) is 23.5 Å². The van der Waals surface area contributed by atoms with Crippen LogP contribution in [-0.2, 0) is 20.0 Å². The minimum atomic E-state index is -0.186. The molecule has 0 spiro atoms. The fourth-order valence-corrected chi connectivity index (χ4v) is 3.24. The molecular weight excluding hydrogens is 388 g/mol. The van der Waals surface area contributed by atoms with Crippen molar-refractivity contribution in [1.29, 1.82) is 0 Å². The van der Waals surface area contributed by atoms with E-state index in [9.17, 15) is 4.79 Å². The third-order valence-corrected chi connectivity index (χ3v) is 4.96. The molecule has 1 amide bonds. The zero-order valence-electron chi connectivity index (χ0n) is 17.3. The molecule has 0 radical (unpaired) electrons. The number of benzene rings is 1. The van der Waals surface area contributed by atoms with Crippen LogP contribution in [0.3, 0.4) is 0 Å². The monoisotopic (exact) mass is 412 g/mol. The molecule has 0 unspecified atom stereocenters. The predicted molar refractivity (Wildman–Crippen MR) is 120 cm³/mol. The second-order valence-electron chi connectivity index (χ2n) is 7.09. The summed E-state index contributed by atoms with van der Waals surface area (Å²) in [5, 5.41) is 10.4. The number of aryl methyl sites for hydroxylation is 1. The standard InChI is InChI=1S/C24H24N6O/c1-30-20(13-16-28-30)17-27-24(31)21-10-11-22(18-7-3-2-4-8-18)29-23(21)26-15-12-19-9-5-6-14-25-19/h2-11,13-14,16H,12,15,17H2,1H3,(H,26,29)(H,27,31). The molecule has 1 aromatic carbocycles. The Morgan fingerprint density at radius 3 is 2.55 bits per heavy atom. The van der Waals surface area contributed by atoms with Crippen LogP contribution in [0.2, 0.25) is 0 Å². The van der Waals surface area contributed by atoms with Crippen LogP contribution in [0.5, 0.6) is 0 Å². The quantitative estimate of drug-likeness (QED) is 0.463. The van der Waals surface area contributed by atoms with Crippen LogP contribution >= 0.6 is 0 Å². The number of carbonyl (C=O) groups excluding carboxylic acids is 1. The van der Waals surface area contributed by atoms with Gasteiger partial charge in [-0.05, 0) is 30.3 Å². The highest BCUT2D eigenvalue weighted by molar-refractivity contribution is 5.99. The second kappa shape index (κ2) is 9.67. The number of pyridine rings is 2. The van der Waals surface area contributed by atoms with Crippen molar-refractivity contribution in [3.05, 3.63) is 96.1 Å². The van der Waals surface area contributed by atoms with Crippen molar-refractivity contribution in [1.82, 2.24) is 25.1 Å². The molecule has 3 heterocycles. The highest BCUT2D eigenvalue weighted by atomic mass is 16.1. The lowest BCUT2D eigenvalue weighted by Crippen LogP contribution is -2.25. The number of hydrogen-bond donors (Lipinski definition) is 2. The van der Waals surface area contributed by atoms with Gasteiger partial charge in [0.25, 0.3) is 5.91 Å². The fourth-order valence-electron chi connectivity index (χ4n) is 3.24. The van der Waals surface area contributed by atoms with Crippen molar-refractivity contribution < 1.29 is 4.79 Å². The average molecular weight is 412 g/mol. The van der Waals surface area contributed by atoms with Crippen molar-refractivity contribution in [2.75, 3.05) is 11.9 Å². The van der Waals surface area contributed by atoms with E-state index in [0.717, 1.165) is 29.1 Å². The van der Waals surface area contributed by atoms with Crippen molar-refractivity contribution in [3.8, 4) is 11.3 Å². The van der Waals surface area contributed by atoms with E-state index in [1.165, 1.54) is 0 Å². The van der Waals surface area contributed by atoms with Gasteiger partial charge in [0.1, 0.15) is 5.82 Å². The van der Waals surface area contributed by atoms with Crippen LogP contribution in [0.25, 0.3) is 11.3 Å². The molecule has 0 aliphatic rings. The van der Waals surface area contributed by atoms with Gasteiger partial charge < -0.3 is 10.6 Å². The number of anilines is 1. The maximum absolute atomic E-state index is 12.9. The van der Waals surface area contributed by atoms with Crippen molar-refractivity contribution in [2.24, 2.45) is 7.05 Å². The van der Waals surface area contributed by atoms with Gasteiger partial charge in [-0.25, -0.2) is 4.98 Å². The largest absolute Gasteiger partial charge is 0.369 e. The van der Waals surface area contributed by atoms with E-state index in [2.05, 4.69) is 20.7 Å². The summed E-state index contributed by atoms with van der Waals surface area (Å²) in [6.07, 6.45) is 4.22. The first kappa shape index (κ1) is 20.3. The van der Waals surface area contributed by atoms with Gasteiger partial charge in [-0.2, -0.15) is 5.10 Å². The zero-order chi connectivity index (χ0) is 21.5. The topological polar surface area (TPSA) is 84.7 Å². The molecule has 0 aliphatic carbocycles. The van der Waals surface area contributed by atoms with Gasteiger partial charge >= 0.3 is 0 Å². The Balaban J connectivity index is 1.53. The van der Waals surface area contributed by atoms with Crippen LogP contribution in [0, 0.1) is 0 Å². The number of carbonyl (C=O) groups is 1. The molecule has 0 saturated heterocycles. The van der Waals surface area contributed by atoms with E-state index in [-0.39, 0.29) is 5.91 Å². The first-order chi connectivity index (χ1) is 15.2. The summed E-state index contributed by atoms with van der Waals surface area (Å²) in [5.41, 5.74) is 4.22. The maximum Gasteiger partial charge on any atom is 0.255 e. The first-order valence-corrected chi connectivity index (χ1v) is 10.2. The van der Waals surface area contributed by atoms with Crippen LogP contribution in [0.15, 0.2) is 79.1 Å². The van der Waals surface area contributed by atoms with Crippen molar-refractivity contribution >= 4 is 11.7 Å². The van der Waals surface area contributed by atoms with Gasteiger partial charge in [-0.15, -0.1) is 0 Å². The summed E-state index contributed by atoms with van der Waals surface area (Å²) in [5.74, 6) is 0.369. The molecule has 4 rings (SSSR count). The molecule has 7 nitrogen and oxygen atoms in total. The summed E-state index contributed by atoms with van der Waals surface area (Å²) in [6, 6.07) is 21.3. The molecule has 0 bridgehead atoms. The second-order valence-corrected chi connectivity index (χ2v) is 7.09. The number of amides is 1. The first-order valence-electron chi connectivity index (χ1n) is 10.2. The Labute approximate surface area is 181 Å². The molecule has 3 aromatic heterocycles. The Hall–Kier alpha value is -4.00. The van der Waals surface area contributed by atoms with Gasteiger partial charge in [0.15, 0.2) is 0 Å². The average Bonchev–Trinajstić information content (AvgIpc) is 3.23. The molecular formula is C24H24N6O. The van der Waals surface area contributed by atoms with E-state index in [4.69, 9.17) is 4.98 Å². The Morgan fingerprint density at radius 2 is 1.81 bits per heavy atom. The van der Waals surface area contributed by atoms with E-state index in [1.54, 1.807) is 17.1 Å². The highest BCUT2D eigenvalue weighted by Crippen LogP contribution is 2.22. The molecule has 0 saturated carbocycles. The van der Waals surface area contributed by atoms with Crippen LogP contribution in [0.4, 0.5) is 5.82 Å². The number of hydrogen-bond acceptors (Lipinski definition) is 5. The van der Waals surface area contributed by atoms with Gasteiger partial charge in [0.2, 0.25) is 0 Å². The third-order valence-electron chi connectivity index (χ3n) is 4.96. The Bertz CT molecular complexity index is 1140. The number of nitrogens with one attached hydrogen (secondary N) is 2. The molecule has 7 heteroatoms. The van der Waals surface area contributed by atoms with Crippen LogP contribution in [-0.4, -0.2) is 32.2 Å². The van der Waals surface area contributed by atoms with Crippen molar-refractivity contribution in [3.63, 3.8) is 0 Å². The highest BCUT2D eigenvalue weighted by Gasteiger charge is 2.15. The van der Waals surface area contributed by atoms with Crippen LogP contribution in [0.1, 0.15) is 21.7 Å². The number of aromatic nitrogens is 4. The van der Waals surface area contributed by atoms with Gasteiger partial charge in [0, 0.05) is 43.7 Å². The minimum Gasteiger partial charge on any atom is -0.369 e. The summed E-state index contributed by atoms with van der Waals surface area (Å²) >= 11 is 0. The molecule has 0 aliphatic heterocycles. The van der Waals surface area contributed by atoms with E-state index in [1.807, 2.05) is 73.8 Å². The van der Waals surface area contributed by atoms with Crippen molar-refractivity contribution in [2.45, 2.75) is 13.0 Å². The smallest absolute Gasteiger partial charge is 0.255 e. The molecule has 4 aromatic rings. The van der Waals surface area contributed by atoms with E-state index < -0.39 is 0 Å². The molecule has 0 fully saturated rings. The minimum absolute atomic E-state index is 0.186. The summed E-state index contributed by atoms with van der Waals surface area (Å²) in [4.78, 5) is 22.0.